The second-order valence-electron chi connectivity index (χ2n) is 3.02. The molecule has 4 heteroatoms. The van der Waals surface area contributed by atoms with E-state index in [0.717, 1.165) is 11.1 Å². The highest BCUT2D eigenvalue weighted by molar-refractivity contribution is 5.88. The molecule has 0 aliphatic heterocycles. The molecule has 0 saturated heterocycles. The molecule has 1 aromatic carbocycles. The fourth-order valence-corrected chi connectivity index (χ4v) is 1.12. The molecular weight excluding hydrogens is 190 g/mol. The number of rotatable bonds is 1. The number of urea groups is 1. The number of carbonyl (C=O) groups excluding carboxylic acids is 1. The number of carbonyl (C=O) groups is 1. The number of primary amides is 1. The van der Waals surface area contributed by atoms with E-state index in [9.17, 15) is 4.79 Å². The van der Waals surface area contributed by atoms with Crippen LogP contribution in [-0.2, 0) is 0 Å². The monoisotopic (exact) mass is 203 g/mol. The van der Waals surface area contributed by atoms with Crippen molar-refractivity contribution in [2.45, 2.75) is 6.92 Å². The van der Waals surface area contributed by atoms with Gasteiger partial charge in [0.15, 0.2) is 0 Å². The second kappa shape index (κ2) is 5.03. The maximum absolute atomic E-state index is 10.6. The van der Waals surface area contributed by atoms with Gasteiger partial charge in [-0.1, -0.05) is 17.9 Å². The van der Waals surface area contributed by atoms with Gasteiger partial charge in [0.1, 0.15) is 0 Å². The smallest absolute Gasteiger partial charge is 0.316 e. The van der Waals surface area contributed by atoms with E-state index in [0.29, 0.717) is 12.2 Å². The molecule has 0 heterocycles. The molecule has 4 nitrogen and oxygen atoms in total. The van der Waals surface area contributed by atoms with Crippen LogP contribution in [0, 0.1) is 18.8 Å². The van der Waals surface area contributed by atoms with Gasteiger partial charge in [-0.25, -0.2) is 4.79 Å². The topological polar surface area (TPSA) is 81.1 Å². The zero-order valence-corrected chi connectivity index (χ0v) is 8.50. The van der Waals surface area contributed by atoms with Crippen LogP contribution in [0.1, 0.15) is 11.1 Å². The number of hydrogen-bond donors (Lipinski definition) is 3. The first-order valence-electron chi connectivity index (χ1n) is 4.49. The molecule has 0 spiro atoms. The summed E-state index contributed by atoms with van der Waals surface area (Å²) in [4.78, 5) is 10.6. The van der Waals surface area contributed by atoms with Gasteiger partial charge in [-0.2, -0.15) is 0 Å². The Bertz CT molecular complexity index is 429. The Morgan fingerprint density at radius 2 is 2.27 bits per heavy atom. The van der Waals surface area contributed by atoms with E-state index >= 15 is 0 Å². The van der Waals surface area contributed by atoms with E-state index in [-0.39, 0.29) is 0 Å². The molecule has 15 heavy (non-hydrogen) atoms. The molecule has 0 aromatic heterocycles. The van der Waals surface area contributed by atoms with E-state index in [1.165, 1.54) is 0 Å². The van der Waals surface area contributed by atoms with Gasteiger partial charge in [0.25, 0.3) is 0 Å². The van der Waals surface area contributed by atoms with Gasteiger partial charge in [-0.05, 0) is 24.6 Å². The minimum atomic E-state index is -0.586. The third kappa shape index (κ3) is 3.33. The van der Waals surface area contributed by atoms with Crippen molar-refractivity contribution >= 4 is 11.7 Å². The molecule has 0 radical (unpaired) electrons. The van der Waals surface area contributed by atoms with Crippen LogP contribution < -0.4 is 16.8 Å². The molecular formula is C11H13N3O. The molecule has 0 aliphatic carbocycles. The van der Waals surface area contributed by atoms with Crippen LogP contribution in [0.2, 0.25) is 0 Å². The lowest BCUT2D eigenvalue weighted by molar-refractivity contribution is 0.259. The van der Waals surface area contributed by atoms with Crippen LogP contribution in [0.4, 0.5) is 10.5 Å². The summed E-state index contributed by atoms with van der Waals surface area (Å²) < 4.78 is 0. The molecule has 0 aliphatic rings. The summed E-state index contributed by atoms with van der Waals surface area (Å²) in [5.74, 6) is 5.68. The van der Waals surface area contributed by atoms with E-state index in [4.69, 9.17) is 11.5 Å². The summed E-state index contributed by atoms with van der Waals surface area (Å²) in [5.41, 5.74) is 12.8. The van der Waals surface area contributed by atoms with Crippen molar-refractivity contribution in [3.8, 4) is 11.8 Å². The molecule has 78 valence electrons. The van der Waals surface area contributed by atoms with Gasteiger partial charge in [0, 0.05) is 11.3 Å². The van der Waals surface area contributed by atoms with Gasteiger partial charge in [0.05, 0.1) is 6.54 Å². The van der Waals surface area contributed by atoms with Crippen LogP contribution >= 0.6 is 0 Å². The summed E-state index contributed by atoms with van der Waals surface area (Å²) in [6.07, 6.45) is 0. The van der Waals surface area contributed by atoms with Gasteiger partial charge >= 0.3 is 6.03 Å². The van der Waals surface area contributed by atoms with E-state index in [1.807, 2.05) is 13.0 Å². The van der Waals surface area contributed by atoms with Crippen molar-refractivity contribution in [1.82, 2.24) is 0 Å². The first-order chi connectivity index (χ1) is 7.13. The first kappa shape index (κ1) is 11.1. The van der Waals surface area contributed by atoms with E-state index in [2.05, 4.69) is 17.2 Å². The minimum absolute atomic E-state index is 0.312. The Kier molecular flexibility index (Phi) is 3.72. The number of aryl methyl sites for hydroxylation is 1. The number of benzene rings is 1. The predicted octanol–water partition coefficient (Wildman–Crippen LogP) is 0.796. The van der Waals surface area contributed by atoms with Crippen molar-refractivity contribution in [3.05, 3.63) is 29.3 Å². The molecule has 0 atom stereocenters. The molecule has 1 aromatic rings. The van der Waals surface area contributed by atoms with Gasteiger partial charge in [0.2, 0.25) is 0 Å². The highest BCUT2D eigenvalue weighted by Crippen LogP contribution is 2.13. The summed E-state index contributed by atoms with van der Waals surface area (Å²) in [5, 5.41) is 2.49. The van der Waals surface area contributed by atoms with Crippen molar-refractivity contribution in [1.29, 1.82) is 0 Å². The molecule has 2 amide bonds. The van der Waals surface area contributed by atoms with Crippen LogP contribution in [0.5, 0.6) is 0 Å². The van der Waals surface area contributed by atoms with Crippen molar-refractivity contribution in [2.75, 3.05) is 11.9 Å². The molecule has 0 bridgehead atoms. The number of nitrogens with one attached hydrogen (secondary N) is 1. The molecule has 0 unspecified atom stereocenters. The average Bonchev–Trinajstić information content (AvgIpc) is 2.18. The lowest BCUT2D eigenvalue weighted by Gasteiger charge is -2.04. The van der Waals surface area contributed by atoms with E-state index in [1.54, 1.807) is 12.1 Å². The van der Waals surface area contributed by atoms with Gasteiger partial charge in [-0.3, -0.25) is 0 Å². The highest BCUT2D eigenvalue weighted by atomic mass is 16.2. The van der Waals surface area contributed by atoms with Crippen molar-refractivity contribution < 1.29 is 4.79 Å². The van der Waals surface area contributed by atoms with Crippen LogP contribution in [0.25, 0.3) is 0 Å². The molecule has 1 rings (SSSR count). The van der Waals surface area contributed by atoms with Gasteiger partial charge in [-0.15, -0.1) is 0 Å². The molecule has 5 N–H and O–H groups in total. The lowest BCUT2D eigenvalue weighted by atomic mass is 10.1. The fraction of sp³-hybridized carbons (Fsp3) is 0.182. The largest absolute Gasteiger partial charge is 0.351 e. The lowest BCUT2D eigenvalue weighted by Crippen LogP contribution is -2.19. The first-order valence-corrected chi connectivity index (χ1v) is 4.49. The zero-order chi connectivity index (χ0) is 11.3. The number of hydrogen-bond acceptors (Lipinski definition) is 2. The molecule has 0 fully saturated rings. The van der Waals surface area contributed by atoms with Crippen LogP contribution in [0.3, 0.4) is 0 Å². The molecule has 0 saturated carbocycles. The number of amides is 2. The van der Waals surface area contributed by atoms with Crippen LogP contribution in [0.15, 0.2) is 18.2 Å². The quantitative estimate of drug-likeness (QED) is 0.590. The third-order valence-electron chi connectivity index (χ3n) is 1.83. The van der Waals surface area contributed by atoms with Crippen molar-refractivity contribution in [2.24, 2.45) is 11.5 Å². The summed E-state index contributed by atoms with van der Waals surface area (Å²) in [7, 11) is 0. The summed E-state index contributed by atoms with van der Waals surface area (Å²) in [6, 6.07) is 4.82. The Morgan fingerprint density at radius 3 is 2.87 bits per heavy atom. The third-order valence-corrected chi connectivity index (χ3v) is 1.83. The SMILES string of the molecule is Cc1ccc(NC(N)=O)cc1C#CCN. The number of anilines is 1. The Labute approximate surface area is 88.6 Å². The second-order valence-corrected chi connectivity index (χ2v) is 3.02. The minimum Gasteiger partial charge on any atom is -0.351 e. The zero-order valence-electron chi connectivity index (χ0n) is 8.50. The average molecular weight is 203 g/mol. The predicted molar refractivity (Wildman–Crippen MR) is 60.3 cm³/mol. The number of nitrogens with two attached hydrogens (primary N) is 2. The Morgan fingerprint density at radius 1 is 1.53 bits per heavy atom. The normalized spacial score (nSPS) is 8.93. The van der Waals surface area contributed by atoms with E-state index < -0.39 is 6.03 Å². The summed E-state index contributed by atoms with van der Waals surface area (Å²) >= 11 is 0. The van der Waals surface area contributed by atoms with Crippen molar-refractivity contribution in [3.63, 3.8) is 0 Å². The fourth-order valence-electron chi connectivity index (χ4n) is 1.12. The Hall–Kier alpha value is -1.99. The summed E-state index contributed by atoms with van der Waals surface area (Å²) in [6.45, 7) is 2.25. The van der Waals surface area contributed by atoms with Crippen LogP contribution in [-0.4, -0.2) is 12.6 Å². The highest BCUT2D eigenvalue weighted by Gasteiger charge is 1.99. The standard InChI is InChI=1S/C11H13N3O/c1-8-4-5-10(14-11(13)15)7-9(8)3-2-6-12/h4-5,7H,6,12H2,1H3,(H3,13,14,15). The van der Waals surface area contributed by atoms with Gasteiger partial charge < -0.3 is 16.8 Å². The Balaban J connectivity index is 2.99. The maximum atomic E-state index is 10.6. The maximum Gasteiger partial charge on any atom is 0.316 e.